The van der Waals surface area contributed by atoms with Crippen LogP contribution in [0.25, 0.3) is 0 Å². The first-order valence-electron chi connectivity index (χ1n) is 19.0. The first-order valence-corrected chi connectivity index (χ1v) is 23.7. The Bertz CT molecular complexity index is 2960. The Morgan fingerprint density at radius 2 is 1.20 bits per heavy atom. The third-order valence-electron chi connectivity index (χ3n) is 9.25. The minimum absolute atomic E-state index is 0.0187. The molecule has 5 N–H and O–H groups in total. The van der Waals surface area contributed by atoms with Crippen molar-refractivity contribution in [2.75, 3.05) is 92.2 Å². The molecule has 0 aliphatic heterocycles. The number of para-hydroxylation sites is 2. The average Bonchev–Trinajstić information content (AvgIpc) is 3.30. The van der Waals surface area contributed by atoms with E-state index in [1.54, 1.807) is 48.5 Å². The lowest BCUT2D eigenvalue weighted by atomic mass is 10.2. The van der Waals surface area contributed by atoms with Crippen molar-refractivity contribution in [1.82, 2.24) is 19.9 Å². The van der Waals surface area contributed by atoms with Gasteiger partial charge in [0, 0.05) is 24.4 Å². The van der Waals surface area contributed by atoms with Gasteiger partial charge < -0.3 is 54.4 Å². The van der Waals surface area contributed by atoms with Crippen molar-refractivity contribution in [3.8, 4) is 40.2 Å². The number of ether oxygens (including phenoxy) is 7. The molecule has 0 unspecified atom stereocenters. The highest BCUT2D eigenvalue weighted by Crippen LogP contribution is 2.44. The summed E-state index contributed by atoms with van der Waals surface area (Å²) in [6, 6.07) is 17.3. The SMILES string of the molecule is COc1ccc(Nc2nc(Nc3ccc(OC)c(OC)c3OC)ncc2Cl)c(NS(=O)(=O)CN(c2ccccc2Nc2nc(Nc3cc(OC)c(OC)cc3OC)ncc2Br)S(C)(=O)=O)c1. The van der Waals surface area contributed by atoms with Gasteiger partial charge in [0.25, 0.3) is 10.0 Å². The number of hydrogen-bond donors (Lipinski definition) is 5. The van der Waals surface area contributed by atoms with Gasteiger partial charge in [0.2, 0.25) is 27.7 Å². The summed E-state index contributed by atoms with van der Waals surface area (Å²) in [5.41, 5.74) is 1.20. The van der Waals surface area contributed by atoms with E-state index in [1.165, 1.54) is 80.4 Å². The monoisotopic (exact) mass is 1030 g/mol. The number of nitrogens with zero attached hydrogens (tertiary/aromatic N) is 5. The van der Waals surface area contributed by atoms with Crippen molar-refractivity contribution in [3.63, 3.8) is 0 Å². The van der Waals surface area contributed by atoms with E-state index in [9.17, 15) is 16.8 Å². The number of sulfonamides is 2. The molecule has 0 aliphatic rings. The van der Waals surface area contributed by atoms with Crippen molar-refractivity contribution >= 4 is 105 Å². The van der Waals surface area contributed by atoms with Crippen molar-refractivity contribution in [2.45, 2.75) is 0 Å². The number of anilines is 10. The molecule has 0 aliphatic carbocycles. The lowest BCUT2D eigenvalue weighted by molar-refractivity contribution is 0.325. The molecule has 0 fully saturated rings. The van der Waals surface area contributed by atoms with Crippen LogP contribution in [0, 0.1) is 0 Å². The summed E-state index contributed by atoms with van der Waals surface area (Å²) in [5, 5.41) is 12.4. The van der Waals surface area contributed by atoms with Crippen molar-refractivity contribution in [2.24, 2.45) is 0 Å². The van der Waals surface area contributed by atoms with Gasteiger partial charge in [-0.1, -0.05) is 23.7 Å². The van der Waals surface area contributed by atoms with E-state index in [0.29, 0.717) is 50.3 Å². The molecule has 0 saturated heterocycles. The van der Waals surface area contributed by atoms with Crippen LogP contribution in [0.4, 0.5) is 57.7 Å². The Labute approximate surface area is 394 Å². The maximum atomic E-state index is 14.1. The Balaban J connectivity index is 1.27. The van der Waals surface area contributed by atoms with Crippen molar-refractivity contribution in [3.05, 3.63) is 88.6 Å². The number of hydrogen-bond acceptors (Lipinski definition) is 19. The Hall–Kier alpha value is -6.89. The number of nitrogens with one attached hydrogen (secondary N) is 5. The zero-order valence-electron chi connectivity index (χ0n) is 36.5. The van der Waals surface area contributed by atoms with Crippen LogP contribution < -0.4 is 63.5 Å². The van der Waals surface area contributed by atoms with E-state index >= 15 is 0 Å². The molecule has 0 atom stereocenters. The van der Waals surface area contributed by atoms with Crippen LogP contribution in [0.1, 0.15) is 0 Å². The van der Waals surface area contributed by atoms with Gasteiger partial charge in [-0.2, -0.15) is 9.97 Å². The summed E-state index contributed by atoms with van der Waals surface area (Å²) in [6.07, 6.45) is 3.69. The zero-order valence-corrected chi connectivity index (χ0v) is 40.5. The van der Waals surface area contributed by atoms with E-state index in [4.69, 9.17) is 44.8 Å². The molecule has 0 radical (unpaired) electrons. The Kier molecular flexibility index (Phi) is 15.4. The maximum Gasteiger partial charge on any atom is 0.252 e. The van der Waals surface area contributed by atoms with E-state index < -0.39 is 25.9 Å². The fraction of sp³-hybridized carbons (Fsp3) is 0.220. The highest BCUT2D eigenvalue weighted by molar-refractivity contribution is 9.10. The molecule has 0 spiro atoms. The van der Waals surface area contributed by atoms with Crippen molar-refractivity contribution in [1.29, 1.82) is 0 Å². The molecule has 25 heteroatoms. The maximum absolute atomic E-state index is 14.1. The van der Waals surface area contributed by atoms with Gasteiger partial charge >= 0.3 is 0 Å². The predicted octanol–water partition coefficient (Wildman–Crippen LogP) is 7.88. The predicted molar refractivity (Wildman–Crippen MR) is 256 cm³/mol. The number of rotatable bonds is 21. The lowest BCUT2D eigenvalue weighted by Gasteiger charge is -2.25. The molecule has 2 heterocycles. The van der Waals surface area contributed by atoms with E-state index in [0.717, 1.165) is 10.6 Å². The molecule has 21 nitrogen and oxygen atoms in total. The topological polar surface area (TPSA) is 248 Å². The summed E-state index contributed by atoms with van der Waals surface area (Å²) in [7, 11) is 1.47. The van der Waals surface area contributed by atoms with Gasteiger partial charge in [-0.25, -0.2) is 26.8 Å². The van der Waals surface area contributed by atoms with Gasteiger partial charge in [-0.05, 0) is 52.3 Å². The molecule has 0 saturated carbocycles. The van der Waals surface area contributed by atoms with Crippen molar-refractivity contribution < 1.29 is 50.0 Å². The Morgan fingerprint density at radius 1 is 0.591 bits per heavy atom. The van der Waals surface area contributed by atoms with Gasteiger partial charge in [-0.3, -0.25) is 9.03 Å². The molecular formula is C41H44BrClN10O11S2. The average molecular weight is 1030 g/mol. The fourth-order valence-corrected chi connectivity index (χ4v) is 9.33. The number of aromatic nitrogens is 4. The summed E-state index contributed by atoms with van der Waals surface area (Å²) in [6.45, 7) is 0. The summed E-state index contributed by atoms with van der Waals surface area (Å²) in [5.74, 6) is 2.03. The third kappa shape index (κ3) is 11.3. The first-order chi connectivity index (χ1) is 31.5. The van der Waals surface area contributed by atoms with Crippen LogP contribution in [-0.4, -0.2) is 98.7 Å². The van der Waals surface area contributed by atoms with Gasteiger partial charge in [0.05, 0.1) is 101 Å². The molecule has 2 aromatic heterocycles. The largest absolute Gasteiger partial charge is 0.497 e. The van der Waals surface area contributed by atoms with Gasteiger partial charge in [-0.15, -0.1) is 0 Å². The van der Waals surface area contributed by atoms with Crippen LogP contribution in [0.5, 0.6) is 40.2 Å². The standard InChI is InChI=1S/C41H44BrClN10O11S2/c1-58-23-13-14-26(46-39-25(43)21-45-41(51-39)48-28-15-16-32(59-2)37(64-7)36(28)63-6)29(17-23)52-66(56,57)22-53(65(8,54)55)31-12-10-9-11-27(31)47-38-24(42)20-44-40(50-38)49-30-18-34(61-4)35(62-5)19-33(30)60-3/h9-21,52H,22H2,1-8H3,(H2,44,47,49,50)(H2,45,46,48,51). The second-order valence-corrected chi connectivity index (χ2v) is 18.3. The van der Waals surface area contributed by atoms with E-state index in [1.807, 2.05) is 0 Å². The smallest absolute Gasteiger partial charge is 0.252 e. The quantitative estimate of drug-likeness (QED) is 0.0460. The molecule has 6 rings (SSSR count). The summed E-state index contributed by atoms with van der Waals surface area (Å²) < 4.78 is 97.1. The normalized spacial score (nSPS) is 11.2. The minimum Gasteiger partial charge on any atom is -0.497 e. The highest BCUT2D eigenvalue weighted by atomic mass is 79.9. The number of methoxy groups -OCH3 is 7. The summed E-state index contributed by atoms with van der Waals surface area (Å²) in [4.78, 5) is 17.7. The summed E-state index contributed by atoms with van der Waals surface area (Å²) >= 11 is 9.99. The van der Waals surface area contributed by atoms with E-state index in [2.05, 4.69) is 61.9 Å². The molecule has 4 aromatic carbocycles. The Morgan fingerprint density at radius 3 is 1.85 bits per heavy atom. The van der Waals surface area contributed by atoms with Gasteiger partial charge in [0.15, 0.2) is 34.7 Å². The van der Waals surface area contributed by atoms with Crippen LogP contribution in [-0.2, 0) is 20.0 Å². The molecule has 0 amide bonds. The fourth-order valence-electron chi connectivity index (χ4n) is 6.19. The highest BCUT2D eigenvalue weighted by Gasteiger charge is 2.28. The third-order valence-corrected chi connectivity index (χ3v) is 12.5. The first kappa shape index (κ1) is 48.6. The molecule has 66 heavy (non-hydrogen) atoms. The number of benzene rings is 4. The second-order valence-electron chi connectivity index (χ2n) is 13.5. The van der Waals surface area contributed by atoms with Gasteiger partial charge in [0.1, 0.15) is 22.3 Å². The van der Waals surface area contributed by atoms with Crippen LogP contribution >= 0.6 is 27.5 Å². The molecule has 6 aromatic rings. The van der Waals surface area contributed by atoms with Crippen LogP contribution in [0.3, 0.4) is 0 Å². The van der Waals surface area contributed by atoms with E-state index in [-0.39, 0.29) is 57.1 Å². The molecule has 0 bridgehead atoms. The molecule has 350 valence electrons. The molecular weight excluding hydrogens is 988 g/mol. The lowest BCUT2D eigenvalue weighted by Crippen LogP contribution is -2.37. The zero-order chi connectivity index (χ0) is 47.8. The van der Waals surface area contributed by atoms with Crippen LogP contribution in [0.2, 0.25) is 5.02 Å². The number of halogens is 2. The second kappa shape index (κ2) is 21.0. The van der Waals surface area contributed by atoms with Crippen LogP contribution in [0.15, 0.2) is 83.6 Å². The minimum atomic E-state index is -4.56.